The van der Waals surface area contributed by atoms with Crippen LogP contribution in [0, 0.1) is 0 Å². The van der Waals surface area contributed by atoms with Crippen LogP contribution >= 0.6 is 0 Å². The molecule has 0 radical (unpaired) electrons. The van der Waals surface area contributed by atoms with E-state index < -0.39 is 5.97 Å². The Morgan fingerprint density at radius 3 is 1.31 bits per heavy atom. The van der Waals surface area contributed by atoms with Crippen molar-refractivity contribution in [1.82, 2.24) is 0 Å². The Hall–Kier alpha value is -1.09. The van der Waals surface area contributed by atoms with Gasteiger partial charge in [0.2, 0.25) is 0 Å². The van der Waals surface area contributed by atoms with Crippen LogP contribution in [0.2, 0.25) is 0 Å². The molecule has 0 saturated heterocycles. The van der Waals surface area contributed by atoms with Gasteiger partial charge in [0.1, 0.15) is 0 Å². The lowest BCUT2D eigenvalue weighted by molar-refractivity contribution is -0.137. The minimum absolute atomic E-state index is 0.330. The van der Waals surface area contributed by atoms with E-state index in [4.69, 9.17) is 10.2 Å². The zero-order valence-electron chi connectivity index (χ0n) is 19.0. The summed E-state index contributed by atoms with van der Waals surface area (Å²) in [5.41, 5.74) is 0. The van der Waals surface area contributed by atoms with E-state index in [0.717, 1.165) is 25.7 Å². The lowest BCUT2D eigenvalue weighted by atomic mass is 10.1. The molecule has 0 amide bonds. The van der Waals surface area contributed by atoms with E-state index in [1.54, 1.807) is 0 Å². The fraction of sp³-hybridized carbons (Fsp3) is 0.808. The molecule has 0 aromatic rings. The van der Waals surface area contributed by atoms with E-state index >= 15 is 0 Å². The van der Waals surface area contributed by atoms with Crippen LogP contribution in [0.1, 0.15) is 128 Å². The molecule has 3 nitrogen and oxygen atoms in total. The molecular formula is C26H48O3. The first kappa shape index (κ1) is 27.9. The molecule has 0 fully saturated rings. The van der Waals surface area contributed by atoms with Crippen LogP contribution in [0.15, 0.2) is 24.3 Å². The Labute approximate surface area is 180 Å². The summed E-state index contributed by atoms with van der Waals surface area (Å²) < 4.78 is 0. The summed E-state index contributed by atoms with van der Waals surface area (Å²) >= 11 is 0. The standard InChI is InChI=1S/C26H48O3/c27-25-23-21-19-17-15-13-11-9-7-5-3-1-2-4-6-8-10-12-14-16-18-20-22-24-26(28)29/h1-2,5,7,27H,3-4,6,8-25H2,(H,28,29). The number of unbranched alkanes of at least 4 members (excludes halogenated alkanes) is 16. The molecule has 0 aliphatic rings. The average Bonchev–Trinajstić information content (AvgIpc) is 2.71. The molecule has 0 rings (SSSR count). The number of hydrogen-bond acceptors (Lipinski definition) is 2. The van der Waals surface area contributed by atoms with Crippen molar-refractivity contribution in [3.8, 4) is 0 Å². The minimum atomic E-state index is -0.664. The maximum absolute atomic E-state index is 10.4. The minimum Gasteiger partial charge on any atom is -0.481 e. The Morgan fingerprint density at radius 1 is 0.517 bits per heavy atom. The van der Waals surface area contributed by atoms with Gasteiger partial charge in [0.25, 0.3) is 0 Å². The van der Waals surface area contributed by atoms with E-state index in [0.29, 0.717) is 13.0 Å². The molecule has 0 bridgehead atoms. The van der Waals surface area contributed by atoms with Crippen LogP contribution in [0.3, 0.4) is 0 Å². The molecule has 0 spiro atoms. The van der Waals surface area contributed by atoms with Crippen molar-refractivity contribution in [2.45, 2.75) is 128 Å². The third kappa shape index (κ3) is 26.9. The van der Waals surface area contributed by atoms with Gasteiger partial charge >= 0.3 is 5.97 Å². The van der Waals surface area contributed by atoms with Crippen molar-refractivity contribution in [2.24, 2.45) is 0 Å². The van der Waals surface area contributed by atoms with Crippen molar-refractivity contribution in [1.29, 1.82) is 0 Å². The van der Waals surface area contributed by atoms with Gasteiger partial charge in [-0.3, -0.25) is 4.79 Å². The molecule has 0 aromatic carbocycles. The van der Waals surface area contributed by atoms with Crippen molar-refractivity contribution in [3.05, 3.63) is 24.3 Å². The molecular weight excluding hydrogens is 360 g/mol. The van der Waals surface area contributed by atoms with Crippen LogP contribution < -0.4 is 0 Å². The number of aliphatic carboxylic acids is 1. The zero-order valence-corrected chi connectivity index (χ0v) is 19.0. The second-order valence-electron chi connectivity index (χ2n) is 8.28. The first-order valence-electron chi connectivity index (χ1n) is 12.4. The molecule has 0 heterocycles. The van der Waals surface area contributed by atoms with E-state index in [2.05, 4.69) is 24.3 Å². The summed E-state index contributed by atoms with van der Waals surface area (Å²) in [7, 11) is 0. The summed E-state index contributed by atoms with van der Waals surface area (Å²) in [5.74, 6) is -0.664. The Kier molecular flexibility index (Phi) is 24.0. The molecule has 0 atom stereocenters. The monoisotopic (exact) mass is 408 g/mol. The van der Waals surface area contributed by atoms with Crippen LogP contribution in [0.4, 0.5) is 0 Å². The number of allylic oxidation sites excluding steroid dienone is 4. The van der Waals surface area contributed by atoms with Crippen LogP contribution in [0.25, 0.3) is 0 Å². The summed E-state index contributed by atoms with van der Waals surface area (Å²) in [6, 6.07) is 0. The highest BCUT2D eigenvalue weighted by Gasteiger charge is 1.96. The fourth-order valence-corrected chi connectivity index (χ4v) is 3.54. The van der Waals surface area contributed by atoms with E-state index in [-0.39, 0.29) is 0 Å². The second kappa shape index (κ2) is 24.9. The quantitative estimate of drug-likeness (QED) is 0.133. The summed E-state index contributed by atoms with van der Waals surface area (Å²) in [4.78, 5) is 10.4. The largest absolute Gasteiger partial charge is 0.481 e. The number of carboxylic acids is 1. The number of rotatable bonds is 23. The first-order valence-corrected chi connectivity index (χ1v) is 12.4. The molecule has 0 unspecified atom stereocenters. The smallest absolute Gasteiger partial charge is 0.303 e. The Bertz CT molecular complexity index is 387. The SMILES string of the molecule is O=C(O)CCCCCCCCCCCC=CCC=CCCCCCCCCCO. The topological polar surface area (TPSA) is 57.5 Å². The van der Waals surface area contributed by atoms with E-state index in [1.165, 1.54) is 96.3 Å². The van der Waals surface area contributed by atoms with Gasteiger partial charge in [-0.2, -0.15) is 0 Å². The van der Waals surface area contributed by atoms with Gasteiger partial charge in [0, 0.05) is 13.0 Å². The summed E-state index contributed by atoms with van der Waals surface area (Å²) in [6.45, 7) is 0.346. The van der Waals surface area contributed by atoms with Crippen LogP contribution in [-0.2, 0) is 4.79 Å². The molecule has 2 N–H and O–H groups in total. The van der Waals surface area contributed by atoms with Gasteiger partial charge in [-0.15, -0.1) is 0 Å². The zero-order chi connectivity index (χ0) is 21.3. The van der Waals surface area contributed by atoms with Gasteiger partial charge in [0.15, 0.2) is 0 Å². The molecule has 0 aliphatic heterocycles. The molecule has 0 aliphatic carbocycles. The molecule has 29 heavy (non-hydrogen) atoms. The Balaban J connectivity index is 3.16. The molecule has 0 aromatic heterocycles. The average molecular weight is 409 g/mol. The molecule has 3 heteroatoms. The Morgan fingerprint density at radius 2 is 0.897 bits per heavy atom. The summed E-state index contributed by atoms with van der Waals surface area (Å²) in [6.07, 6.45) is 32.8. The van der Waals surface area contributed by atoms with Crippen molar-refractivity contribution in [3.63, 3.8) is 0 Å². The highest BCUT2D eigenvalue weighted by atomic mass is 16.4. The number of aliphatic hydroxyl groups excluding tert-OH is 1. The third-order valence-electron chi connectivity index (χ3n) is 5.40. The van der Waals surface area contributed by atoms with Crippen molar-refractivity contribution >= 4 is 5.97 Å². The predicted molar refractivity (Wildman–Crippen MR) is 125 cm³/mol. The highest BCUT2D eigenvalue weighted by Crippen LogP contribution is 2.12. The van der Waals surface area contributed by atoms with Gasteiger partial charge in [-0.1, -0.05) is 101 Å². The molecule has 170 valence electrons. The van der Waals surface area contributed by atoms with E-state index in [9.17, 15) is 4.79 Å². The van der Waals surface area contributed by atoms with E-state index in [1.807, 2.05) is 0 Å². The van der Waals surface area contributed by atoms with Gasteiger partial charge in [-0.05, 0) is 44.9 Å². The second-order valence-corrected chi connectivity index (χ2v) is 8.28. The maximum Gasteiger partial charge on any atom is 0.303 e. The fourth-order valence-electron chi connectivity index (χ4n) is 3.54. The summed E-state index contributed by atoms with van der Waals surface area (Å²) in [5, 5.41) is 17.3. The number of hydrogen-bond donors (Lipinski definition) is 2. The lowest BCUT2D eigenvalue weighted by Crippen LogP contribution is -1.93. The van der Waals surface area contributed by atoms with Gasteiger partial charge < -0.3 is 10.2 Å². The number of aliphatic hydroxyl groups is 1. The van der Waals surface area contributed by atoms with Crippen LogP contribution in [-0.4, -0.2) is 22.8 Å². The highest BCUT2D eigenvalue weighted by molar-refractivity contribution is 5.66. The number of carboxylic acid groups (broad SMARTS) is 1. The maximum atomic E-state index is 10.4. The predicted octanol–water partition coefficient (Wildman–Crippen LogP) is 7.98. The third-order valence-corrected chi connectivity index (χ3v) is 5.40. The van der Waals surface area contributed by atoms with Crippen LogP contribution in [0.5, 0.6) is 0 Å². The first-order chi connectivity index (χ1) is 14.3. The number of carbonyl (C=O) groups is 1. The van der Waals surface area contributed by atoms with Crippen molar-refractivity contribution in [2.75, 3.05) is 6.61 Å². The lowest BCUT2D eigenvalue weighted by Gasteiger charge is -2.01. The normalized spacial score (nSPS) is 11.8. The van der Waals surface area contributed by atoms with Gasteiger partial charge in [0.05, 0.1) is 0 Å². The van der Waals surface area contributed by atoms with Gasteiger partial charge in [-0.25, -0.2) is 0 Å². The van der Waals surface area contributed by atoms with Crippen molar-refractivity contribution < 1.29 is 15.0 Å². The molecule has 0 saturated carbocycles.